The van der Waals surface area contributed by atoms with Gasteiger partial charge in [0.15, 0.2) is 6.61 Å². The second-order valence-corrected chi connectivity index (χ2v) is 8.65. The van der Waals surface area contributed by atoms with E-state index in [4.69, 9.17) is 4.74 Å². The highest BCUT2D eigenvalue weighted by Gasteiger charge is 2.25. The molecule has 1 aromatic carbocycles. The van der Waals surface area contributed by atoms with E-state index in [-0.39, 0.29) is 24.5 Å². The lowest BCUT2D eigenvalue weighted by molar-refractivity contribution is -0.125. The van der Waals surface area contributed by atoms with Gasteiger partial charge in [-0.1, -0.05) is 31.2 Å². The predicted molar refractivity (Wildman–Crippen MR) is 106 cm³/mol. The number of aryl methyl sites for hydroxylation is 1. The third-order valence-corrected chi connectivity index (χ3v) is 6.71. The van der Waals surface area contributed by atoms with E-state index >= 15 is 0 Å². The topological polar surface area (TPSA) is 55.4 Å². The summed E-state index contributed by atoms with van der Waals surface area (Å²) in [6, 6.07) is 8.24. The summed E-state index contributed by atoms with van der Waals surface area (Å²) in [5.41, 5.74) is 4.26. The van der Waals surface area contributed by atoms with Gasteiger partial charge >= 0.3 is 5.97 Å². The van der Waals surface area contributed by atoms with Crippen molar-refractivity contribution in [1.82, 2.24) is 5.32 Å². The Morgan fingerprint density at radius 2 is 2.07 bits per heavy atom. The number of esters is 1. The van der Waals surface area contributed by atoms with Gasteiger partial charge in [0.2, 0.25) is 0 Å². The molecule has 0 fully saturated rings. The number of thiophene rings is 1. The summed E-state index contributed by atoms with van der Waals surface area (Å²) < 4.78 is 5.33. The van der Waals surface area contributed by atoms with Crippen LogP contribution in [0.15, 0.2) is 29.6 Å². The van der Waals surface area contributed by atoms with E-state index in [0.717, 1.165) is 44.1 Å². The van der Waals surface area contributed by atoms with Crippen LogP contribution in [0.3, 0.4) is 0 Å². The molecule has 2 aliphatic carbocycles. The molecule has 27 heavy (non-hydrogen) atoms. The number of fused-ring (bicyclic) bond motifs is 2. The van der Waals surface area contributed by atoms with E-state index in [9.17, 15) is 9.59 Å². The smallest absolute Gasteiger partial charge is 0.339 e. The maximum Gasteiger partial charge on any atom is 0.339 e. The van der Waals surface area contributed by atoms with Crippen LogP contribution < -0.4 is 5.32 Å². The number of hydrogen-bond donors (Lipinski definition) is 1. The van der Waals surface area contributed by atoms with E-state index in [1.165, 1.54) is 16.0 Å². The number of carbonyl (C=O) groups is 2. The molecule has 142 valence electrons. The number of nitrogens with one attached hydrogen (secondary N) is 1. The molecule has 2 aliphatic rings. The average Bonchev–Trinajstić information content (AvgIpc) is 3.09. The van der Waals surface area contributed by atoms with E-state index < -0.39 is 0 Å². The van der Waals surface area contributed by atoms with Crippen molar-refractivity contribution in [3.63, 3.8) is 0 Å². The predicted octanol–water partition coefficient (Wildman–Crippen LogP) is 4.22. The molecule has 0 saturated heterocycles. The highest BCUT2D eigenvalue weighted by molar-refractivity contribution is 7.10. The standard InChI is InChI=1S/C22H25NO3S/c1-14-9-10-17-18(13-27-20(17)11-14)22(25)26-12-21(24)23-19-8-4-6-15-5-2-3-7-16(15)19/h2-3,5,7,13-14,19H,4,6,8-12H2,1H3,(H,23,24). The van der Waals surface area contributed by atoms with Crippen molar-refractivity contribution >= 4 is 23.2 Å². The lowest BCUT2D eigenvalue weighted by atomic mass is 9.88. The maximum atomic E-state index is 12.5. The molecule has 0 radical (unpaired) electrons. The molecular formula is C22H25NO3S. The summed E-state index contributed by atoms with van der Waals surface area (Å²) in [5, 5.41) is 4.92. The first-order chi connectivity index (χ1) is 13.1. The second-order valence-electron chi connectivity index (χ2n) is 7.69. The summed E-state index contributed by atoms with van der Waals surface area (Å²) >= 11 is 1.64. The molecule has 4 nitrogen and oxygen atoms in total. The van der Waals surface area contributed by atoms with Gasteiger partial charge in [-0.2, -0.15) is 0 Å². The zero-order valence-electron chi connectivity index (χ0n) is 15.6. The minimum atomic E-state index is -0.374. The van der Waals surface area contributed by atoms with Crippen LogP contribution in [0.25, 0.3) is 0 Å². The fourth-order valence-electron chi connectivity index (χ4n) is 4.20. The molecule has 0 saturated carbocycles. The van der Waals surface area contributed by atoms with Crippen molar-refractivity contribution in [2.45, 2.75) is 51.5 Å². The Hall–Kier alpha value is -2.14. The molecule has 2 unspecified atom stereocenters. The van der Waals surface area contributed by atoms with Gasteiger partial charge < -0.3 is 10.1 Å². The number of carbonyl (C=O) groups excluding carboxylic acids is 2. The number of ether oxygens (including phenoxy) is 1. The van der Waals surface area contributed by atoms with Gasteiger partial charge in [-0.05, 0) is 61.1 Å². The van der Waals surface area contributed by atoms with Gasteiger partial charge in [-0.3, -0.25) is 4.79 Å². The van der Waals surface area contributed by atoms with Crippen LogP contribution in [0.5, 0.6) is 0 Å². The first-order valence-electron chi connectivity index (χ1n) is 9.75. The van der Waals surface area contributed by atoms with Gasteiger partial charge in [0.1, 0.15) is 0 Å². The molecule has 2 atom stereocenters. The normalized spacial score (nSPS) is 21.1. The zero-order chi connectivity index (χ0) is 18.8. The molecule has 1 heterocycles. The first kappa shape index (κ1) is 18.2. The van der Waals surface area contributed by atoms with Crippen molar-refractivity contribution in [3.8, 4) is 0 Å². The molecule has 0 spiro atoms. The fourth-order valence-corrected chi connectivity index (χ4v) is 5.43. The van der Waals surface area contributed by atoms with Gasteiger partial charge in [-0.25, -0.2) is 4.79 Å². The molecule has 0 aliphatic heterocycles. The Morgan fingerprint density at radius 1 is 1.22 bits per heavy atom. The molecule has 2 aromatic rings. The zero-order valence-corrected chi connectivity index (χ0v) is 16.4. The highest BCUT2D eigenvalue weighted by Crippen LogP contribution is 2.33. The third kappa shape index (κ3) is 3.93. The Kier molecular flexibility index (Phi) is 5.30. The molecular weight excluding hydrogens is 358 g/mol. The largest absolute Gasteiger partial charge is 0.452 e. The summed E-state index contributed by atoms with van der Waals surface area (Å²) in [5.74, 6) is 0.0631. The van der Waals surface area contributed by atoms with Crippen LogP contribution in [0.4, 0.5) is 0 Å². The van der Waals surface area contributed by atoms with Crippen LogP contribution in [-0.2, 0) is 28.8 Å². The summed E-state index contributed by atoms with van der Waals surface area (Å²) in [4.78, 5) is 26.1. The van der Waals surface area contributed by atoms with E-state index in [0.29, 0.717) is 11.5 Å². The van der Waals surface area contributed by atoms with E-state index in [2.05, 4.69) is 24.4 Å². The number of hydrogen-bond acceptors (Lipinski definition) is 4. The lowest BCUT2D eigenvalue weighted by Gasteiger charge is -2.26. The quantitative estimate of drug-likeness (QED) is 0.804. The lowest BCUT2D eigenvalue weighted by Crippen LogP contribution is -2.34. The summed E-state index contributed by atoms with van der Waals surface area (Å²) in [6.07, 6.45) is 6.10. The molecule has 4 rings (SSSR count). The summed E-state index contributed by atoms with van der Waals surface area (Å²) in [6.45, 7) is 2.02. The first-order valence-corrected chi connectivity index (χ1v) is 10.6. The second kappa shape index (κ2) is 7.85. The monoisotopic (exact) mass is 383 g/mol. The van der Waals surface area contributed by atoms with Gasteiger partial charge in [0.25, 0.3) is 5.91 Å². The molecule has 5 heteroatoms. The van der Waals surface area contributed by atoms with Gasteiger partial charge in [0.05, 0.1) is 11.6 Å². The average molecular weight is 384 g/mol. The minimum absolute atomic E-state index is 0.0107. The van der Waals surface area contributed by atoms with Crippen LogP contribution in [0.2, 0.25) is 0 Å². The molecule has 1 amide bonds. The van der Waals surface area contributed by atoms with E-state index in [1.807, 2.05) is 17.5 Å². The van der Waals surface area contributed by atoms with Crippen molar-refractivity contribution in [3.05, 3.63) is 56.8 Å². The van der Waals surface area contributed by atoms with E-state index in [1.54, 1.807) is 11.3 Å². The SMILES string of the molecule is CC1CCc2c(C(=O)OCC(=O)NC3CCCc4ccccc43)csc2C1. The number of benzene rings is 1. The Bertz CT molecular complexity index is 857. The van der Waals surface area contributed by atoms with Crippen molar-refractivity contribution in [2.75, 3.05) is 6.61 Å². The van der Waals surface area contributed by atoms with Crippen molar-refractivity contribution < 1.29 is 14.3 Å². The van der Waals surface area contributed by atoms with Gasteiger partial charge in [0, 0.05) is 10.3 Å². The Morgan fingerprint density at radius 3 is 2.96 bits per heavy atom. The fraction of sp³-hybridized carbons (Fsp3) is 0.455. The third-order valence-electron chi connectivity index (χ3n) is 5.66. The minimum Gasteiger partial charge on any atom is -0.452 e. The number of rotatable bonds is 4. The van der Waals surface area contributed by atoms with Crippen LogP contribution in [0.1, 0.15) is 64.2 Å². The highest BCUT2D eigenvalue weighted by atomic mass is 32.1. The van der Waals surface area contributed by atoms with Gasteiger partial charge in [-0.15, -0.1) is 11.3 Å². The Balaban J connectivity index is 1.34. The van der Waals surface area contributed by atoms with Crippen LogP contribution >= 0.6 is 11.3 Å². The Labute approximate surface area is 163 Å². The van der Waals surface area contributed by atoms with Crippen molar-refractivity contribution in [1.29, 1.82) is 0 Å². The molecule has 1 aromatic heterocycles. The van der Waals surface area contributed by atoms with Crippen LogP contribution in [0, 0.1) is 5.92 Å². The molecule has 0 bridgehead atoms. The maximum absolute atomic E-state index is 12.5. The van der Waals surface area contributed by atoms with Crippen molar-refractivity contribution in [2.24, 2.45) is 5.92 Å². The van der Waals surface area contributed by atoms with Crippen LogP contribution in [-0.4, -0.2) is 18.5 Å². The number of amides is 1. The summed E-state index contributed by atoms with van der Waals surface area (Å²) in [7, 11) is 0. The molecule has 1 N–H and O–H groups in total.